The summed E-state index contributed by atoms with van der Waals surface area (Å²) in [7, 11) is 0. The summed E-state index contributed by atoms with van der Waals surface area (Å²) >= 11 is 0. The van der Waals surface area contributed by atoms with Crippen LogP contribution in [0.4, 0.5) is 0 Å². The first-order chi connectivity index (χ1) is 12.2. The van der Waals surface area contributed by atoms with Gasteiger partial charge in [-0.3, -0.25) is 9.69 Å². The molecule has 2 aromatic rings. The smallest absolute Gasteiger partial charge is 0.303 e. The predicted octanol–water partition coefficient (Wildman–Crippen LogP) is 4.56. The second-order valence-corrected chi connectivity index (χ2v) is 6.70. The van der Waals surface area contributed by atoms with Crippen molar-refractivity contribution in [3.63, 3.8) is 0 Å². The molecule has 0 radical (unpaired) electrons. The molecule has 0 bridgehead atoms. The third-order valence-electron chi connectivity index (χ3n) is 4.71. The van der Waals surface area contributed by atoms with E-state index >= 15 is 0 Å². The van der Waals surface area contributed by atoms with Crippen LogP contribution in [0.25, 0.3) is 0 Å². The molecule has 1 heterocycles. The largest absolute Gasteiger partial charge is 0.481 e. The fourth-order valence-electron chi connectivity index (χ4n) is 3.45. The Morgan fingerprint density at radius 3 is 2.68 bits per heavy atom. The number of para-hydroxylation sites is 2. The van der Waals surface area contributed by atoms with Gasteiger partial charge in [0.05, 0.1) is 0 Å². The molecule has 1 saturated heterocycles. The number of carboxylic acids is 1. The molecule has 1 aliphatic heterocycles. The van der Waals surface area contributed by atoms with Crippen molar-refractivity contribution >= 4 is 5.97 Å². The monoisotopic (exact) mass is 339 g/mol. The third kappa shape index (κ3) is 5.33. The standard InChI is InChI=1S/C21H25NO3/c23-21(24)13-12-17-7-6-14-22(15-17)16-18-8-4-5-11-20(18)25-19-9-2-1-3-10-19/h1-5,8-11,17H,6-7,12-16H2,(H,23,24). The van der Waals surface area contributed by atoms with Crippen LogP contribution < -0.4 is 4.74 Å². The number of benzene rings is 2. The van der Waals surface area contributed by atoms with Crippen LogP contribution in [0.5, 0.6) is 11.5 Å². The molecule has 1 aliphatic rings. The minimum atomic E-state index is -0.696. The summed E-state index contributed by atoms with van der Waals surface area (Å²) in [5, 5.41) is 8.89. The zero-order chi connectivity index (χ0) is 17.5. The van der Waals surface area contributed by atoms with E-state index in [-0.39, 0.29) is 6.42 Å². The van der Waals surface area contributed by atoms with Crippen molar-refractivity contribution in [1.82, 2.24) is 4.90 Å². The molecule has 1 N–H and O–H groups in total. The van der Waals surface area contributed by atoms with Crippen LogP contribution in [-0.2, 0) is 11.3 Å². The zero-order valence-electron chi connectivity index (χ0n) is 14.4. The highest BCUT2D eigenvalue weighted by molar-refractivity contribution is 5.66. The molecular weight excluding hydrogens is 314 g/mol. The maximum atomic E-state index is 10.8. The van der Waals surface area contributed by atoms with Crippen LogP contribution in [0.15, 0.2) is 54.6 Å². The molecule has 132 valence electrons. The molecular formula is C21H25NO3. The van der Waals surface area contributed by atoms with E-state index in [4.69, 9.17) is 9.84 Å². The van der Waals surface area contributed by atoms with E-state index in [2.05, 4.69) is 11.0 Å². The molecule has 0 spiro atoms. The van der Waals surface area contributed by atoms with Crippen molar-refractivity contribution in [2.24, 2.45) is 5.92 Å². The lowest BCUT2D eigenvalue weighted by Crippen LogP contribution is -2.35. The second-order valence-electron chi connectivity index (χ2n) is 6.70. The van der Waals surface area contributed by atoms with E-state index in [9.17, 15) is 4.79 Å². The van der Waals surface area contributed by atoms with E-state index in [0.717, 1.165) is 50.4 Å². The van der Waals surface area contributed by atoms with Gasteiger partial charge in [-0.05, 0) is 49.9 Å². The maximum Gasteiger partial charge on any atom is 0.303 e. The fraction of sp³-hybridized carbons (Fsp3) is 0.381. The molecule has 0 amide bonds. The second kappa shape index (κ2) is 8.67. The Bertz CT molecular complexity index is 687. The van der Waals surface area contributed by atoms with Crippen molar-refractivity contribution in [3.05, 3.63) is 60.2 Å². The summed E-state index contributed by atoms with van der Waals surface area (Å²) in [6, 6.07) is 18.0. The maximum absolute atomic E-state index is 10.8. The molecule has 3 rings (SSSR count). The zero-order valence-corrected chi connectivity index (χ0v) is 14.4. The predicted molar refractivity (Wildman–Crippen MR) is 97.8 cm³/mol. The summed E-state index contributed by atoms with van der Waals surface area (Å²) in [5.74, 6) is 1.51. The highest BCUT2D eigenvalue weighted by atomic mass is 16.5. The number of carboxylic acid groups (broad SMARTS) is 1. The van der Waals surface area contributed by atoms with Crippen LogP contribution in [0.3, 0.4) is 0 Å². The van der Waals surface area contributed by atoms with Crippen molar-refractivity contribution < 1.29 is 14.6 Å². The van der Waals surface area contributed by atoms with E-state index in [1.54, 1.807) is 0 Å². The van der Waals surface area contributed by atoms with Gasteiger partial charge in [-0.25, -0.2) is 0 Å². The quantitative estimate of drug-likeness (QED) is 0.803. The topological polar surface area (TPSA) is 49.8 Å². The number of hydrogen-bond acceptors (Lipinski definition) is 3. The Kier molecular flexibility index (Phi) is 6.07. The number of rotatable bonds is 7. The Morgan fingerprint density at radius 1 is 1.12 bits per heavy atom. The normalized spacial score (nSPS) is 18.0. The third-order valence-corrected chi connectivity index (χ3v) is 4.71. The van der Waals surface area contributed by atoms with Gasteiger partial charge in [-0.15, -0.1) is 0 Å². The Labute approximate surface area is 149 Å². The van der Waals surface area contributed by atoms with E-state index in [1.807, 2.05) is 48.5 Å². The van der Waals surface area contributed by atoms with Gasteiger partial charge < -0.3 is 9.84 Å². The van der Waals surface area contributed by atoms with Gasteiger partial charge in [0, 0.05) is 25.1 Å². The molecule has 1 unspecified atom stereocenters. The molecule has 0 aromatic heterocycles. The van der Waals surface area contributed by atoms with E-state index < -0.39 is 5.97 Å². The van der Waals surface area contributed by atoms with Gasteiger partial charge in [-0.1, -0.05) is 36.4 Å². The SMILES string of the molecule is O=C(O)CCC1CCCN(Cc2ccccc2Oc2ccccc2)C1. The number of nitrogens with zero attached hydrogens (tertiary/aromatic N) is 1. The highest BCUT2D eigenvalue weighted by Crippen LogP contribution is 2.28. The molecule has 1 fully saturated rings. The van der Waals surface area contributed by atoms with Gasteiger partial charge in [0.25, 0.3) is 0 Å². The lowest BCUT2D eigenvalue weighted by molar-refractivity contribution is -0.137. The Morgan fingerprint density at radius 2 is 1.88 bits per heavy atom. The summed E-state index contributed by atoms with van der Waals surface area (Å²) in [6.07, 6.45) is 3.30. The molecule has 0 aliphatic carbocycles. The summed E-state index contributed by atoms with van der Waals surface area (Å²) in [6.45, 7) is 2.86. The Hall–Kier alpha value is -2.33. The average molecular weight is 339 g/mol. The van der Waals surface area contributed by atoms with E-state index in [0.29, 0.717) is 5.92 Å². The molecule has 2 aromatic carbocycles. The van der Waals surface area contributed by atoms with Crippen LogP contribution in [0.1, 0.15) is 31.2 Å². The number of ether oxygens (including phenoxy) is 1. The number of aliphatic carboxylic acids is 1. The van der Waals surface area contributed by atoms with Gasteiger partial charge >= 0.3 is 5.97 Å². The van der Waals surface area contributed by atoms with Crippen molar-refractivity contribution in [2.75, 3.05) is 13.1 Å². The fourth-order valence-corrected chi connectivity index (χ4v) is 3.45. The summed E-state index contributed by atoms with van der Waals surface area (Å²) in [4.78, 5) is 13.2. The molecule has 0 saturated carbocycles. The van der Waals surface area contributed by atoms with Crippen LogP contribution >= 0.6 is 0 Å². The minimum absolute atomic E-state index is 0.270. The van der Waals surface area contributed by atoms with Gasteiger partial charge in [-0.2, -0.15) is 0 Å². The first kappa shape index (κ1) is 17.5. The lowest BCUT2D eigenvalue weighted by atomic mass is 9.93. The highest BCUT2D eigenvalue weighted by Gasteiger charge is 2.21. The summed E-state index contributed by atoms with van der Waals surface area (Å²) in [5.41, 5.74) is 1.17. The van der Waals surface area contributed by atoms with Crippen molar-refractivity contribution in [1.29, 1.82) is 0 Å². The Balaban J connectivity index is 1.63. The van der Waals surface area contributed by atoms with E-state index in [1.165, 1.54) is 5.56 Å². The van der Waals surface area contributed by atoms with Crippen LogP contribution in [-0.4, -0.2) is 29.1 Å². The lowest BCUT2D eigenvalue weighted by Gasteiger charge is -2.33. The summed E-state index contributed by atoms with van der Waals surface area (Å²) < 4.78 is 6.05. The average Bonchev–Trinajstić information content (AvgIpc) is 2.63. The number of carbonyl (C=O) groups is 1. The number of likely N-dealkylation sites (tertiary alicyclic amines) is 1. The first-order valence-electron chi connectivity index (χ1n) is 8.95. The van der Waals surface area contributed by atoms with Crippen LogP contribution in [0.2, 0.25) is 0 Å². The van der Waals surface area contributed by atoms with Crippen LogP contribution in [0, 0.1) is 5.92 Å². The van der Waals surface area contributed by atoms with Gasteiger partial charge in [0.1, 0.15) is 11.5 Å². The number of piperidine rings is 1. The molecule has 1 atom stereocenters. The van der Waals surface area contributed by atoms with Gasteiger partial charge in [0.2, 0.25) is 0 Å². The van der Waals surface area contributed by atoms with Crippen molar-refractivity contribution in [2.45, 2.75) is 32.2 Å². The van der Waals surface area contributed by atoms with Gasteiger partial charge in [0.15, 0.2) is 0 Å². The molecule has 4 nitrogen and oxygen atoms in total. The van der Waals surface area contributed by atoms with Crippen molar-refractivity contribution in [3.8, 4) is 11.5 Å². The minimum Gasteiger partial charge on any atom is -0.481 e. The molecule has 25 heavy (non-hydrogen) atoms. The number of hydrogen-bond donors (Lipinski definition) is 1. The molecule has 4 heteroatoms. The first-order valence-corrected chi connectivity index (χ1v) is 8.95.